The minimum atomic E-state index is 0.0934. The maximum absolute atomic E-state index is 12.7. The minimum absolute atomic E-state index is 0.0934. The number of amides is 1. The van der Waals surface area contributed by atoms with Gasteiger partial charge in [-0.1, -0.05) is 6.07 Å². The van der Waals surface area contributed by atoms with Crippen molar-refractivity contribution in [3.05, 3.63) is 53.6 Å². The quantitative estimate of drug-likeness (QED) is 0.784. The van der Waals surface area contributed by atoms with Gasteiger partial charge in [0.1, 0.15) is 11.5 Å². The number of carbonyl (C=O) groups is 1. The molecule has 3 aromatic rings. The van der Waals surface area contributed by atoms with Crippen LogP contribution < -0.4 is 5.32 Å². The first-order chi connectivity index (χ1) is 12.2. The lowest BCUT2D eigenvalue weighted by Crippen LogP contribution is -2.37. The first kappa shape index (κ1) is 15.6. The summed E-state index contributed by atoms with van der Waals surface area (Å²) in [6, 6.07) is 7.82. The highest BCUT2D eigenvalue weighted by atomic mass is 16.2. The van der Waals surface area contributed by atoms with Gasteiger partial charge < -0.3 is 14.6 Å². The molecular formula is C18H20N6O. The van der Waals surface area contributed by atoms with E-state index in [1.165, 1.54) is 0 Å². The number of rotatable bonds is 4. The molecule has 0 aliphatic carbocycles. The number of carbonyl (C=O) groups excluding carboxylic acids is 1. The van der Waals surface area contributed by atoms with Gasteiger partial charge in [-0.2, -0.15) is 5.10 Å². The molecule has 4 rings (SSSR count). The van der Waals surface area contributed by atoms with E-state index in [4.69, 9.17) is 0 Å². The van der Waals surface area contributed by atoms with Crippen molar-refractivity contribution in [3.8, 4) is 0 Å². The van der Waals surface area contributed by atoms with Crippen LogP contribution in [0.2, 0.25) is 0 Å². The van der Waals surface area contributed by atoms with E-state index in [2.05, 4.69) is 20.5 Å². The molecule has 1 N–H and O–H groups in total. The molecule has 1 aliphatic rings. The first-order valence-electron chi connectivity index (χ1n) is 8.52. The van der Waals surface area contributed by atoms with Crippen LogP contribution >= 0.6 is 0 Å². The molecule has 7 nitrogen and oxygen atoms in total. The normalized spacial score (nSPS) is 13.7. The minimum Gasteiger partial charge on any atom is -0.369 e. The molecule has 0 atom stereocenters. The van der Waals surface area contributed by atoms with E-state index in [0.717, 1.165) is 41.4 Å². The van der Waals surface area contributed by atoms with Crippen LogP contribution in [0.3, 0.4) is 0 Å². The third-order valence-electron chi connectivity index (χ3n) is 4.40. The highest BCUT2D eigenvalue weighted by molar-refractivity contribution is 5.78. The Morgan fingerprint density at radius 2 is 2.24 bits per heavy atom. The zero-order valence-electron chi connectivity index (χ0n) is 14.1. The Balaban J connectivity index is 1.48. The Kier molecular flexibility index (Phi) is 4.05. The smallest absolute Gasteiger partial charge is 0.228 e. The zero-order valence-corrected chi connectivity index (χ0v) is 14.1. The van der Waals surface area contributed by atoms with E-state index in [0.29, 0.717) is 19.5 Å². The second-order valence-corrected chi connectivity index (χ2v) is 6.17. The monoisotopic (exact) mass is 336 g/mol. The first-order valence-corrected chi connectivity index (χ1v) is 8.52. The van der Waals surface area contributed by atoms with Gasteiger partial charge in [0.05, 0.1) is 17.8 Å². The number of nitrogens with one attached hydrogen (secondary N) is 1. The predicted molar refractivity (Wildman–Crippen MR) is 94.2 cm³/mol. The molecule has 0 saturated heterocycles. The molecule has 4 heterocycles. The summed E-state index contributed by atoms with van der Waals surface area (Å²) in [6.07, 6.45) is 4.91. The summed E-state index contributed by atoms with van der Waals surface area (Å²) in [5.41, 5.74) is 3.71. The molecule has 3 aromatic heterocycles. The molecule has 0 saturated carbocycles. The highest BCUT2D eigenvalue weighted by Gasteiger charge is 2.23. The van der Waals surface area contributed by atoms with Crippen LogP contribution in [0.25, 0.3) is 5.65 Å². The van der Waals surface area contributed by atoms with Crippen molar-refractivity contribution in [1.29, 1.82) is 0 Å². The topological polar surface area (TPSA) is 75.4 Å². The molecule has 0 fully saturated rings. The van der Waals surface area contributed by atoms with Crippen molar-refractivity contribution in [2.24, 2.45) is 0 Å². The van der Waals surface area contributed by atoms with E-state index >= 15 is 0 Å². The number of hydrogen-bond acceptors (Lipinski definition) is 5. The maximum Gasteiger partial charge on any atom is 0.228 e. The lowest BCUT2D eigenvalue weighted by atomic mass is 10.1. The van der Waals surface area contributed by atoms with Crippen molar-refractivity contribution < 1.29 is 4.79 Å². The van der Waals surface area contributed by atoms with E-state index in [1.807, 2.05) is 52.9 Å². The number of nitrogens with zero attached hydrogens (tertiary/aromatic N) is 5. The summed E-state index contributed by atoms with van der Waals surface area (Å²) >= 11 is 0. The van der Waals surface area contributed by atoms with E-state index in [1.54, 1.807) is 0 Å². The van der Waals surface area contributed by atoms with Crippen LogP contribution in [0.15, 0.2) is 36.7 Å². The summed E-state index contributed by atoms with van der Waals surface area (Å²) in [7, 11) is 0. The number of imidazole rings is 1. The van der Waals surface area contributed by atoms with E-state index < -0.39 is 0 Å². The Morgan fingerprint density at radius 1 is 1.32 bits per heavy atom. The number of aromatic nitrogens is 4. The zero-order chi connectivity index (χ0) is 17.2. The molecule has 1 amide bonds. The van der Waals surface area contributed by atoms with E-state index in [9.17, 15) is 4.79 Å². The lowest BCUT2D eigenvalue weighted by Gasteiger charge is -2.28. The van der Waals surface area contributed by atoms with Gasteiger partial charge in [-0.15, -0.1) is 5.10 Å². The fraction of sp³-hybridized carbons (Fsp3) is 0.333. The average molecular weight is 336 g/mol. The Labute approximate surface area is 145 Å². The van der Waals surface area contributed by atoms with Crippen molar-refractivity contribution in [3.63, 3.8) is 0 Å². The van der Waals surface area contributed by atoms with Gasteiger partial charge in [-0.25, -0.2) is 4.98 Å². The number of pyridine rings is 1. The maximum atomic E-state index is 12.7. The molecule has 1 aliphatic heterocycles. The van der Waals surface area contributed by atoms with Gasteiger partial charge in [0, 0.05) is 38.4 Å². The van der Waals surface area contributed by atoms with Gasteiger partial charge >= 0.3 is 0 Å². The summed E-state index contributed by atoms with van der Waals surface area (Å²) in [6.45, 7) is 4.07. The molecule has 0 radical (unpaired) electrons. The Morgan fingerprint density at radius 3 is 3.08 bits per heavy atom. The SMILES string of the molecule is CCNc1cc2c(nn1)CCN(C(=O)Cc1cn3ccccc3n1)C2. The largest absolute Gasteiger partial charge is 0.369 e. The molecule has 7 heteroatoms. The fourth-order valence-electron chi connectivity index (χ4n) is 3.15. The molecule has 0 spiro atoms. The second-order valence-electron chi connectivity index (χ2n) is 6.17. The van der Waals surface area contributed by atoms with Crippen LogP contribution in [0, 0.1) is 0 Å². The lowest BCUT2D eigenvalue weighted by molar-refractivity contribution is -0.131. The molecule has 0 bridgehead atoms. The third kappa shape index (κ3) is 3.17. The van der Waals surface area contributed by atoms with Gasteiger partial charge in [0.15, 0.2) is 0 Å². The van der Waals surface area contributed by atoms with Gasteiger partial charge in [0.25, 0.3) is 0 Å². The van der Waals surface area contributed by atoms with Crippen LogP contribution in [0.4, 0.5) is 5.82 Å². The van der Waals surface area contributed by atoms with Crippen LogP contribution in [-0.2, 0) is 24.2 Å². The Bertz CT molecular complexity index is 886. The fourth-order valence-corrected chi connectivity index (χ4v) is 3.15. The van der Waals surface area contributed by atoms with Crippen molar-refractivity contribution in [1.82, 2.24) is 24.5 Å². The van der Waals surface area contributed by atoms with Gasteiger partial charge in [0.2, 0.25) is 5.91 Å². The predicted octanol–water partition coefficient (Wildman–Crippen LogP) is 1.68. The summed E-state index contributed by atoms with van der Waals surface area (Å²) in [5, 5.41) is 11.6. The van der Waals surface area contributed by atoms with Crippen LogP contribution in [-0.4, -0.2) is 43.5 Å². The standard InChI is InChI=1S/C18H20N6O/c1-2-19-16-9-13-11-24(8-6-15(13)21-22-16)18(25)10-14-12-23-7-4-3-5-17(23)20-14/h3-5,7,9,12H,2,6,8,10-11H2,1H3,(H,19,22). The van der Waals surface area contributed by atoms with Crippen molar-refractivity contribution >= 4 is 17.4 Å². The molecule has 128 valence electrons. The average Bonchev–Trinajstić information content (AvgIpc) is 3.03. The molecule has 0 unspecified atom stereocenters. The summed E-state index contributed by atoms with van der Waals surface area (Å²) in [5.74, 6) is 0.853. The number of anilines is 1. The van der Waals surface area contributed by atoms with Gasteiger partial charge in [-0.05, 0) is 30.7 Å². The second kappa shape index (κ2) is 6.51. The number of fused-ring (bicyclic) bond motifs is 2. The molecular weight excluding hydrogens is 316 g/mol. The summed E-state index contributed by atoms with van der Waals surface area (Å²) < 4.78 is 1.94. The Hall–Kier alpha value is -2.96. The molecule has 0 aromatic carbocycles. The highest BCUT2D eigenvalue weighted by Crippen LogP contribution is 2.19. The van der Waals surface area contributed by atoms with E-state index in [-0.39, 0.29) is 5.91 Å². The van der Waals surface area contributed by atoms with Gasteiger partial charge in [-0.3, -0.25) is 4.79 Å². The van der Waals surface area contributed by atoms with Crippen LogP contribution in [0.5, 0.6) is 0 Å². The number of hydrogen-bond donors (Lipinski definition) is 1. The van der Waals surface area contributed by atoms with Crippen LogP contribution in [0.1, 0.15) is 23.9 Å². The van der Waals surface area contributed by atoms with Crippen molar-refractivity contribution in [2.45, 2.75) is 26.3 Å². The third-order valence-corrected chi connectivity index (χ3v) is 4.40. The van der Waals surface area contributed by atoms with Crippen molar-refractivity contribution in [2.75, 3.05) is 18.4 Å². The summed E-state index contributed by atoms with van der Waals surface area (Å²) in [4.78, 5) is 19.1. The molecule has 25 heavy (non-hydrogen) atoms.